The van der Waals surface area contributed by atoms with Crippen LogP contribution in [0.4, 0.5) is 0 Å². The molecule has 0 amide bonds. The van der Waals surface area contributed by atoms with Crippen molar-refractivity contribution in [3.63, 3.8) is 0 Å². The van der Waals surface area contributed by atoms with Crippen molar-refractivity contribution in [1.82, 2.24) is 10.6 Å². The smallest absolute Gasteiger partial charge is 0.0657 e. The van der Waals surface area contributed by atoms with Crippen molar-refractivity contribution in [3.8, 4) is 6.07 Å². The molecule has 3 heteroatoms. The molecule has 0 radical (unpaired) electrons. The van der Waals surface area contributed by atoms with E-state index in [1.807, 2.05) is 0 Å². The summed E-state index contributed by atoms with van der Waals surface area (Å²) in [7, 11) is 0. The summed E-state index contributed by atoms with van der Waals surface area (Å²) in [6.07, 6.45) is 4.43. The molecule has 1 aliphatic carbocycles. The second-order valence-electron chi connectivity index (χ2n) is 7.16. The highest BCUT2D eigenvalue weighted by molar-refractivity contribution is 5.03. The molecule has 0 aromatic heterocycles. The monoisotopic (exact) mass is 235 g/mol. The third kappa shape index (κ3) is 3.20. The van der Waals surface area contributed by atoms with Crippen LogP contribution < -0.4 is 10.6 Å². The predicted molar refractivity (Wildman–Crippen MR) is 69.6 cm³/mol. The zero-order chi connectivity index (χ0) is 12.7. The Balaban J connectivity index is 1.87. The van der Waals surface area contributed by atoms with Crippen LogP contribution in [0.2, 0.25) is 0 Å². The quantitative estimate of drug-likeness (QED) is 0.771. The van der Waals surface area contributed by atoms with Gasteiger partial charge in [-0.3, -0.25) is 0 Å². The molecular weight excluding hydrogens is 210 g/mol. The molecule has 2 N–H and O–H groups in total. The second kappa shape index (κ2) is 4.26. The Morgan fingerprint density at radius 3 is 2.06 bits per heavy atom. The van der Waals surface area contributed by atoms with E-state index in [1.54, 1.807) is 0 Å². The average molecular weight is 235 g/mol. The Hall–Kier alpha value is -0.590. The van der Waals surface area contributed by atoms with Crippen molar-refractivity contribution in [2.75, 3.05) is 0 Å². The van der Waals surface area contributed by atoms with Crippen LogP contribution in [-0.4, -0.2) is 23.2 Å². The maximum Gasteiger partial charge on any atom is 0.0657 e. The summed E-state index contributed by atoms with van der Waals surface area (Å²) in [4.78, 5) is 0. The lowest BCUT2D eigenvalue weighted by Gasteiger charge is -2.48. The Bertz CT molecular complexity index is 305. The maximum absolute atomic E-state index is 8.79. The third-order valence-electron chi connectivity index (χ3n) is 3.98. The van der Waals surface area contributed by atoms with Gasteiger partial charge in [0.15, 0.2) is 0 Å². The van der Waals surface area contributed by atoms with Crippen LogP contribution in [0, 0.1) is 17.2 Å². The molecule has 3 nitrogen and oxygen atoms in total. The summed E-state index contributed by atoms with van der Waals surface area (Å²) in [6, 6.07) is 3.52. The van der Waals surface area contributed by atoms with Crippen molar-refractivity contribution >= 4 is 0 Å². The Kier molecular flexibility index (Phi) is 3.22. The summed E-state index contributed by atoms with van der Waals surface area (Å²) in [5.74, 6) is 0.301. The van der Waals surface area contributed by atoms with Crippen LogP contribution in [0.15, 0.2) is 0 Å². The SMILES string of the molecule is CC1(C)CC(NC2CC(C#N)C2)CC(C)(C)N1. The van der Waals surface area contributed by atoms with Gasteiger partial charge < -0.3 is 10.6 Å². The normalized spacial score (nSPS) is 35.9. The van der Waals surface area contributed by atoms with Gasteiger partial charge in [0.25, 0.3) is 0 Å². The molecule has 1 heterocycles. The van der Waals surface area contributed by atoms with Gasteiger partial charge in [-0.05, 0) is 53.4 Å². The highest BCUT2D eigenvalue weighted by Gasteiger charge is 2.39. The van der Waals surface area contributed by atoms with Gasteiger partial charge in [0.2, 0.25) is 0 Å². The van der Waals surface area contributed by atoms with Gasteiger partial charge in [0, 0.05) is 29.1 Å². The number of nitrogens with one attached hydrogen (secondary N) is 2. The van der Waals surface area contributed by atoms with Crippen molar-refractivity contribution in [3.05, 3.63) is 0 Å². The minimum atomic E-state index is 0.206. The first-order valence-corrected chi connectivity index (χ1v) is 6.75. The van der Waals surface area contributed by atoms with Crippen molar-refractivity contribution in [2.45, 2.75) is 76.5 Å². The average Bonchev–Trinajstić information content (AvgIpc) is 2.04. The fourth-order valence-electron chi connectivity index (χ4n) is 3.63. The maximum atomic E-state index is 8.79. The largest absolute Gasteiger partial charge is 0.311 e. The lowest BCUT2D eigenvalue weighted by Crippen LogP contribution is -2.63. The van der Waals surface area contributed by atoms with Crippen molar-refractivity contribution in [1.29, 1.82) is 5.26 Å². The molecule has 1 saturated carbocycles. The Morgan fingerprint density at radius 1 is 1.06 bits per heavy atom. The first kappa shape index (κ1) is 12.9. The van der Waals surface area contributed by atoms with E-state index in [9.17, 15) is 0 Å². The molecule has 1 aliphatic heterocycles. The fourth-order valence-corrected chi connectivity index (χ4v) is 3.63. The summed E-state index contributed by atoms with van der Waals surface area (Å²) < 4.78 is 0. The predicted octanol–water partition coefficient (Wildman–Crippen LogP) is 2.19. The van der Waals surface area contributed by atoms with Gasteiger partial charge >= 0.3 is 0 Å². The number of hydrogen-bond acceptors (Lipinski definition) is 3. The van der Waals surface area contributed by atoms with Crippen LogP contribution in [-0.2, 0) is 0 Å². The second-order valence-corrected chi connectivity index (χ2v) is 7.16. The number of piperidine rings is 1. The van der Waals surface area contributed by atoms with E-state index in [0.717, 1.165) is 12.8 Å². The molecule has 0 spiro atoms. The fraction of sp³-hybridized carbons (Fsp3) is 0.929. The van der Waals surface area contributed by atoms with Crippen LogP contribution in [0.1, 0.15) is 53.4 Å². The summed E-state index contributed by atoms with van der Waals surface area (Å²) in [6.45, 7) is 9.12. The first-order chi connectivity index (χ1) is 7.80. The standard InChI is InChI=1S/C14H25N3/c1-13(2)7-12(8-14(3,4)17-13)16-11-5-10(6-11)9-15/h10-12,16-17H,5-8H2,1-4H3. The van der Waals surface area contributed by atoms with Crippen LogP contribution in [0.5, 0.6) is 0 Å². The van der Waals surface area contributed by atoms with Gasteiger partial charge in [-0.25, -0.2) is 0 Å². The van der Waals surface area contributed by atoms with E-state index >= 15 is 0 Å². The molecular formula is C14H25N3. The van der Waals surface area contributed by atoms with Gasteiger partial charge in [0.05, 0.1) is 6.07 Å². The number of nitrogens with zero attached hydrogens (tertiary/aromatic N) is 1. The Labute approximate surface area is 105 Å². The van der Waals surface area contributed by atoms with E-state index in [-0.39, 0.29) is 11.1 Å². The lowest BCUT2D eigenvalue weighted by atomic mass is 9.76. The summed E-state index contributed by atoms with van der Waals surface area (Å²) in [5, 5.41) is 16.2. The van der Waals surface area contributed by atoms with Crippen LogP contribution in [0.25, 0.3) is 0 Å². The van der Waals surface area contributed by atoms with Crippen molar-refractivity contribution in [2.24, 2.45) is 5.92 Å². The molecule has 2 rings (SSSR count). The number of rotatable bonds is 2. The molecule has 0 aromatic rings. The van der Waals surface area contributed by atoms with Crippen LogP contribution >= 0.6 is 0 Å². The zero-order valence-corrected chi connectivity index (χ0v) is 11.5. The van der Waals surface area contributed by atoms with Gasteiger partial charge in [-0.1, -0.05) is 0 Å². The van der Waals surface area contributed by atoms with Gasteiger partial charge in [0.1, 0.15) is 0 Å². The number of nitriles is 1. The van der Waals surface area contributed by atoms with E-state index in [2.05, 4.69) is 44.4 Å². The highest BCUT2D eigenvalue weighted by Crippen LogP contribution is 2.32. The zero-order valence-electron chi connectivity index (χ0n) is 11.5. The first-order valence-electron chi connectivity index (χ1n) is 6.75. The molecule has 17 heavy (non-hydrogen) atoms. The highest BCUT2D eigenvalue weighted by atomic mass is 15.1. The molecule has 2 fully saturated rings. The molecule has 2 aliphatic rings. The van der Waals surface area contributed by atoms with E-state index in [4.69, 9.17) is 5.26 Å². The van der Waals surface area contributed by atoms with E-state index in [0.29, 0.717) is 18.0 Å². The van der Waals surface area contributed by atoms with Crippen molar-refractivity contribution < 1.29 is 0 Å². The molecule has 0 aromatic carbocycles. The molecule has 1 saturated heterocycles. The lowest BCUT2D eigenvalue weighted by molar-refractivity contribution is 0.123. The summed E-state index contributed by atoms with van der Waals surface area (Å²) >= 11 is 0. The minimum absolute atomic E-state index is 0.206. The van der Waals surface area contributed by atoms with Gasteiger partial charge in [-0.15, -0.1) is 0 Å². The van der Waals surface area contributed by atoms with Crippen LogP contribution in [0.3, 0.4) is 0 Å². The topological polar surface area (TPSA) is 47.9 Å². The molecule has 0 unspecified atom stereocenters. The summed E-state index contributed by atoms with van der Waals surface area (Å²) in [5.41, 5.74) is 0.412. The third-order valence-corrected chi connectivity index (χ3v) is 3.98. The minimum Gasteiger partial charge on any atom is -0.311 e. The van der Waals surface area contributed by atoms with E-state index < -0.39 is 0 Å². The molecule has 0 bridgehead atoms. The Morgan fingerprint density at radius 2 is 1.59 bits per heavy atom. The molecule has 96 valence electrons. The molecule has 0 atom stereocenters. The van der Waals surface area contributed by atoms with Gasteiger partial charge in [-0.2, -0.15) is 5.26 Å². The van der Waals surface area contributed by atoms with E-state index in [1.165, 1.54) is 12.8 Å². The number of hydrogen-bond donors (Lipinski definition) is 2.